The Morgan fingerprint density at radius 1 is 1.06 bits per heavy atom. The van der Waals surface area contributed by atoms with Gasteiger partial charge in [-0.15, -0.1) is 0 Å². The third kappa shape index (κ3) is 5.33. The molecule has 0 bridgehead atoms. The summed E-state index contributed by atoms with van der Waals surface area (Å²) in [6.45, 7) is 1.80. The molecule has 4 rings (SSSR count). The molecule has 0 saturated carbocycles. The normalized spacial score (nSPS) is 11.7. The summed E-state index contributed by atoms with van der Waals surface area (Å²) < 4.78 is 11.8. The number of benzene rings is 3. The molecule has 0 fully saturated rings. The fraction of sp³-hybridized carbons (Fsp3) is 0.160. The molecule has 0 radical (unpaired) electrons. The van der Waals surface area contributed by atoms with Crippen molar-refractivity contribution in [1.82, 2.24) is 9.97 Å². The Labute approximate surface area is 204 Å². The first-order chi connectivity index (χ1) is 16.0. The third-order valence-corrected chi connectivity index (χ3v) is 5.82. The number of carbonyl (C=O) groups excluding carboxylic acids is 2. The van der Waals surface area contributed by atoms with Gasteiger partial charge in [0.2, 0.25) is 0 Å². The molecule has 1 aromatic heterocycles. The van der Waals surface area contributed by atoms with Gasteiger partial charge in [-0.25, -0.2) is 9.78 Å². The lowest BCUT2D eigenvalue weighted by Gasteiger charge is -2.16. The zero-order valence-electron chi connectivity index (χ0n) is 18.1. The van der Waals surface area contributed by atoms with E-state index in [1.807, 2.05) is 36.4 Å². The number of anilines is 1. The van der Waals surface area contributed by atoms with Crippen molar-refractivity contribution in [2.75, 3.05) is 12.4 Å². The summed E-state index contributed by atoms with van der Waals surface area (Å²) in [5, 5.41) is 2.79. The van der Waals surface area contributed by atoms with Crippen LogP contribution >= 0.6 is 22.6 Å². The van der Waals surface area contributed by atoms with Crippen LogP contribution in [0.25, 0.3) is 22.4 Å². The van der Waals surface area contributed by atoms with Crippen LogP contribution < -0.4 is 10.1 Å². The number of methoxy groups -OCH3 is 1. The van der Waals surface area contributed by atoms with Gasteiger partial charge in [-0.2, -0.15) is 0 Å². The molecule has 7 nitrogen and oxygen atoms in total. The number of ether oxygens (including phenoxy) is 2. The standard InChI is InChI=1S/C25H22IN3O4/c1-3-22(24(30)27-18-9-7-17(26)8-10-18)33-25(31)16-6-13-20-21(14-16)29-23(28-20)15-4-11-19(32-2)12-5-15/h4-14,22H,3H2,1-2H3,(H,27,30)(H,28,29). The Morgan fingerprint density at radius 2 is 1.79 bits per heavy atom. The summed E-state index contributed by atoms with van der Waals surface area (Å²) in [6, 6.07) is 20.0. The van der Waals surface area contributed by atoms with Crippen molar-refractivity contribution in [3.05, 3.63) is 75.9 Å². The number of aromatic amines is 1. The number of nitrogens with zero attached hydrogens (tertiary/aromatic N) is 1. The number of rotatable bonds is 7. The Morgan fingerprint density at radius 3 is 2.45 bits per heavy atom. The monoisotopic (exact) mass is 555 g/mol. The van der Waals surface area contributed by atoms with Crippen LogP contribution in [0.1, 0.15) is 23.7 Å². The van der Waals surface area contributed by atoms with E-state index in [0.717, 1.165) is 20.4 Å². The molecular formula is C25H22IN3O4. The number of amides is 1. The SMILES string of the molecule is CCC(OC(=O)c1ccc2nc(-c3ccc(OC)cc3)[nH]c2c1)C(=O)Nc1ccc(I)cc1. The molecule has 3 aromatic carbocycles. The number of esters is 1. The summed E-state index contributed by atoms with van der Waals surface area (Å²) >= 11 is 2.19. The Bertz CT molecular complexity index is 1280. The van der Waals surface area contributed by atoms with Gasteiger partial charge in [-0.05, 0) is 95.7 Å². The number of H-pyrrole nitrogens is 1. The van der Waals surface area contributed by atoms with Crippen LogP contribution in [0, 0.1) is 3.57 Å². The van der Waals surface area contributed by atoms with Gasteiger partial charge in [0.15, 0.2) is 6.10 Å². The first-order valence-electron chi connectivity index (χ1n) is 10.4. The highest BCUT2D eigenvalue weighted by Crippen LogP contribution is 2.24. The van der Waals surface area contributed by atoms with E-state index in [2.05, 4.69) is 37.9 Å². The first kappa shape index (κ1) is 22.8. The third-order valence-electron chi connectivity index (χ3n) is 5.11. The molecule has 0 aliphatic rings. The number of imidazole rings is 1. The van der Waals surface area contributed by atoms with E-state index in [-0.39, 0.29) is 5.91 Å². The van der Waals surface area contributed by atoms with Gasteiger partial charge in [-0.3, -0.25) is 4.79 Å². The molecule has 4 aromatic rings. The van der Waals surface area contributed by atoms with Gasteiger partial charge in [0.05, 0.1) is 23.7 Å². The molecule has 0 saturated heterocycles. The van der Waals surface area contributed by atoms with E-state index in [1.54, 1.807) is 44.4 Å². The molecule has 0 aliphatic heterocycles. The van der Waals surface area contributed by atoms with E-state index in [1.165, 1.54) is 0 Å². The number of nitrogens with one attached hydrogen (secondary N) is 2. The predicted molar refractivity (Wildman–Crippen MR) is 135 cm³/mol. The molecule has 1 atom stereocenters. The number of halogens is 1. The van der Waals surface area contributed by atoms with Crippen LogP contribution in [0.15, 0.2) is 66.7 Å². The molecule has 33 heavy (non-hydrogen) atoms. The molecule has 1 heterocycles. The summed E-state index contributed by atoms with van der Waals surface area (Å²) in [5.41, 5.74) is 3.31. The molecule has 168 valence electrons. The zero-order chi connectivity index (χ0) is 23.4. The van der Waals surface area contributed by atoms with Crippen molar-refractivity contribution in [3.8, 4) is 17.1 Å². The van der Waals surface area contributed by atoms with E-state index in [9.17, 15) is 9.59 Å². The largest absolute Gasteiger partial charge is 0.497 e. The van der Waals surface area contributed by atoms with Crippen molar-refractivity contribution in [2.45, 2.75) is 19.4 Å². The average molecular weight is 555 g/mol. The van der Waals surface area contributed by atoms with E-state index in [0.29, 0.717) is 29.0 Å². The van der Waals surface area contributed by atoms with E-state index < -0.39 is 12.1 Å². The molecular weight excluding hydrogens is 533 g/mol. The topological polar surface area (TPSA) is 93.3 Å². The highest BCUT2D eigenvalue weighted by Gasteiger charge is 2.22. The minimum Gasteiger partial charge on any atom is -0.497 e. The molecule has 1 amide bonds. The highest BCUT2D eigenvalue weighted by molar-refractivity contribution is 14.1. The average Bonchev–Trinajstić information content (AvgIpc) is 3.27. The minimum absolute atomic E-state index is 0.341. The van der Waals surface area contributed by atoms with Crippen molar-refractivity contribution in [2.24, 2.45) is 0 Å². The predicted octanol–water partition coefficient (Wildman–Crippen LogP) is 5.42. The van der Waals surface area contributed by atoms with Gasteiger partial charge in [0.25, 0.3) is 5.91 Å². The summed E-state index contributed by atoms with van der Waals surface area (Å²) in [7, 11) is 1.62. The fourth-order valence-corrected chi connectivity index (χ4v) is 3.66. The maximum Gasteiger partial charge on any atom is 0.338 e. The number of aromatic nitrogens is 2. The lowest BCUT2D eigenvalue weighted by atomic mass is 10.2. The van der Waals surface area contributed by atoms with Gasteiger partial charge < -0.3 is 19.8 Å². The van der Waals surface area contributed by atoms with Crippen LogP contribution in [-0.2, 0) is 9.53 Å². The first-order valence-corrected chi connectivity index (χ1v) is 11.5. The minimum atomic E-state index is -0.899. The second-order valence-corrected chi connectivity index (χ2v) is 8.59. The van der Waals surface area contributed by atoms with Crippen molar-refractivity contribution in [1.29, 1.82) is 0 Å². The van der Waals surface area contributed by atoms with Gasteiger partial charge in [-0.1, -0.05) is 6.92 Å². The van der Waals surface area contributed by atoms with E-state index >= 15 is 0 Å². The van der Waals surface area contributed by atoms with Gasteiger partial charge >= 0.3 is 5.97 Å². The van der Waals surface area contributed by atoms with E-state index in [4.69, 9.17) is 9.47 Å². The summed E-state index contributed by atoms with van der Waals surface area (Å²) in [6.07, 6.45) is -0.542. The fourth-order valence-electron chi connectivity index (χ4n) is 3.30. The number of fused-ring (bicyclic) bond motifs is 1. The van der Waals surface area contributed by atoms with Gasteiger partial charge in [0, 0.05) is 14.8 Å². The maximum atomic E-state index is 12.8. The van der Waals surface area contributed by atoms with Gasteiger partial charge in [0.1, 0.15) is 11.6 Å². The van der Waals surface area contributed by atoms with Crippen molar-refractivity contribution >= 4 is 51.2 Å². The Kier molecular flexibility index (Phi) is 6.93. The highest BCUT2D eigenvalue weighted by atomic mass is 127. The lowest BCUT2D eigenvalue weighted by molar-refractivity contribution is -0.124. The molecule has 8 heteroatoms. The van der Waals surface area contributed by atoms with Crippen LogP contribution in [-0.4, -0.2) is 35.1 Å². The lowest BCUT2D eigenvalue weighted by Crippen LogP contribution is -2.32. The van der Waals surface area contributed by atoms with Crippen LogP contribution in [0.5, 0.6) is 5.75 Å². The number of hydrogen-bond acceptors (Lipinski definition) is 5. The Hall–Kier alpha value is -3.40. The summed E-state index contributed by atoms with van der Waals surface area (Å²) in [4.78, 5) is 33.2. The van der Waals surface area contributed by atoms with Crippen molar-refractivity contribution < 1.29 is 19.1 Å². The number of hydrogen-bond donors (Lipinski definition) is 2. The van der Waals surface area contributed by atoms with Crippen LogP contribution in [0.2, 0.25) is 0 Å². The second kappa shape index (κ2) is 10.0. The van der Waals surface area contributed by atoms with Crippen LogP contribution in [0.3, 0.4) is 0 Å². The molecule has 0 aliphatic carbocycles. The second-order valence-electron chi connectivity index (χ2n) is 7.34. The summed E-state index contributed by atoms with van der Waals surface area (Å²) in [5.74, 6) is 0.511. The smallest absolute Gasteiger partial charge is 0.338 e. The number of carbonyl (C=O) groups is 2. The quantitative estimate of drug-likeness (QED) is 0.235. The Balaban J connectivity index is 1.48. The van der Waals surface area contributed by atoms with Crippen molar-refractivity contribution in [3.63, 3.8) is 0 Å². The van der Waals surface area contributed by atoms with Crippen LogP contribution in [0.4, 0.5) is 5.69 Å². The molecule has 2 N–H and O–H groups in total. The maximum absolute atomic E-state index is 12.8. The molecule has 1 unspecified atom stereocenters. The zero-order valence-corrected chi connectivity index (χ0v) is 20.3. The molecule has 0 spiro atoms.